The van der Waals surface area contributed by atoms with E-state index in [1.54, 1.807) is 11.6 Å². The Hall–Kier alpha value is -1.99. The van der Waals surface area contributed by atoms with Crippen LogP contribution in [0.4, 0.5) is 5.69 Å². The summed E-state index contributed by atoms with van der Waals surface area (Å²) in [7, 11) is 1.66. The van der Waals surface area contributed by atoms with Crippen LogP contribution in [0.1, 0.15) is 5.82 Å². The second kappa shape index (κ2) is 4.94. The topological polar surface area (TPSA) is 78.3 Å². The van der Waals surface area contributed by atoms with Crippen molar-refractivity contribution in [1.29, 1.82) is 0 Å². The Bertz CT molecular complexity index is 705. The van der Waals surface area contributed by atoms with Gasteiger partial charge in [-0.3, -0.25) is 0 Å². The molecule has 0 aliphatic heterocycles. The Morgan fingerprint density at radius 1 is 1.37 bits per heavy atom. The molecule has 0 aliphatic rings. The third-order valence-corrected chi connectivity index (χ3v) is 3.67. The Labute approximate surface area is 113 Å². The summed E-state index contributed by atoms with van der Waals surface area (Å²) in [5, 5.41) is 13.6. The largest absolute Gasteiger partial charge is 0.399 e. The fourth-order valence-electron chi connectivity index (χ4n) is 1.80. The van der Waals surface area contributed by atoms with Crippen molar-refractivity contribution in [3.63, 3.8) is 0 Å². The van der Waals surface area contributed by atoms with E-state index in [-0.39, 0.29) is 0 Å². The maximum Gasteiger partial charge on any atom is 0.234 e. The molecule has 2 aromatic heterocycles. The van der Waals surface area contributed by atoms with Crippen LogP contribution in [0.25, 0.3) is 15.5 Å². The molecule has 1 aromatic carbocycles. The molecule has 3 aromatic rings. The molecular formula is C12H13N5OS. The van der Waals surface area contributed by atoms with E-state index in [1.807, 2.05) is 24.3 Å². The number of benzene rings is 1. The van der Waals surface area contributed by atoms with Crippen molar-refractivity contribution in [3.8, 4) is 10.6 Å². The van der Waals surface area contributed by atoms with Crippen LogP contribution in [0.3, 0.4) is 0 Å². The van der Waals surface area contributed by atoms with Gasteiger partial charge in [-0.2, -0.15) is 9.61 Å². The third-order valence-electron chi connectivity index (χ3n) is 2.72. The zero-order valence-corrected chi connectivity index (χ0v) is 11.2. The number of hydrogen-bond donors (Lipinski definition) is 1. The lowest BCUT2D eigenvalue weighted by Gasteiger charge is -1.97. The summed E-state index contributed by atoms with van der Waals surface area (Å²) in [6, 6.07) is 7.66. The van der Waals surface area contributed by atoms with E-state index in [9.17, 15) is 0 Å². The van der Waals surface area contributed by atoms with Crippen LogP contribution in [0.2, 0.25) is 0 Å². The number of aromatic nitrogens is 4. The van der Waals surface area contributed by atoms with Gasteiger partial charge in [-0.1, -0.05) is 23.5 Å². The summed E-state index contributed by atoms with van der Waals surface area (Å²) >= 11 is 1.50. The van der Waals surface area contributed by atoms with Crippen LogP contribution in [-0.4, -0.2) is 33.5 Å². The fraction of sp³-hybridized carbons (Fsp3) is 0.250. The van der Waals surface area contributed by atoms with E-state index < -0.39 is 0 Å². The SMILES string of the molecule is COCCc1nnc2sc(-c3cccc(N)c3)nn12. The van der Waals surface area contributed by atoms with E-state index >= 15 is 0 Å². The number of anilines is 1. The summed E-state index contributed by atoms with van der Waals surface area (Å²) in [4.78, 5) is 0.781. The quantitative estimate of drug-likeness (QED) is 0.732. The molecule has 6 nitrogen and oxygen atoms in total. The van der Waals surface area contributed by atoms with Crippen molar-refractivity contribution in [2.75, 3.05) is 19.5 Å². The van der Waals surface area contributed by atoms with Gasteiger partial charge in [-0.15, -0.1) is 10.2 Å². The molecule has 0 fully saturated rings. The van der Waals surface area contributed by atoms with Gasteiger partial charge in [0.15, 0.2) is 5.82 Å². The predicted molar refractivity (Wildman–Crippen MR) is 74.1 cm³/mol. The van der Waals surface area contributed by atoms with Crippen LogP contribution in [-0.2, 0) is 11.2 Å². The number of rotatable bonds is 4. The van der Waals surface area contributed by atoms with Crippen molar-refractivity contribution in [1.82, 2.24) is 19.8 Å². The average Bonchev–Trinajstić information content (AvgIpc) is 2.97. The first kappa shape index (κ1) is 12.1. The first-order valence-electron chi connectivity index (χ1n) is 5.84. The smallest absolute Gasteiger partial charge is 0.234 e. The number of ether oxygens (including phenoxy) is 1. The highest BCUT2D eigenvalue weighted by atomic mass is 32.1. The first-order chi connectivity index (χ1) is 9.28. The zero-order valence-electron chi connectivity index (χ0n) is 10.4. The molecule has 0 aliphatic carbocycles. The number of fused-ring (bicyclic) bond motifs is 1. The van der Waals surface area contributed by atoms with E-state index in [1.165, 1.54) is 11.3 Å². The summed E-state index contributed by atoms with van der Waals surface area (Å²) in [5.74, 6) is 0.809. The predicted octanol–water partition coefficient (Wildman–Crippen LogP) is 1.62. The summed E-state index contributed by atoms with van der Waals surface area (Å²) in [5.41, 5.74) is 7.51. The molecule has 0 saturated heterocycles. The highest BCUT2D eigenvalue weighted by Crippen LogP contribution is 2.26. The van der Waals surface area contributed by atoms with Gasteiger partial charge in [0, 0.05) is 24.8 Å². The minimum absolute atomic E-state index is 0.603. The number of nitrogen functional groups attached to an aromatic ring is 1. The molecule has 0 atom stereocenters. The van der Waals surface area contributed by atoms with Crippen molar-refractivity contribution in [2.24, 2.45) is 0 Å². The molecule has 0 spiro atoms. The molecular weight excluding hydrogens is 262 g/mol. The maximum absolute atomic E-state index is 5.79. The standard InChI is InChI=1S/C12H13N5OS/c1-18-6-5-10-14-15-12-17(10)16-11(19-12)8-3-2-4-9(13)7-8/h2-4,7H,5-6,13H2,1H3. The van der Waals surface area contributed by atoms with Crippen molar-refractivity contribution < 1.29 is 4.74 Å². The van der Waals surface area contributed by atoms with Gasteiger partial charge in [-0.25, -0.2) is 0 Å². The normalized spacial score (nSPS) is 11.2. The lowest BCUT2D eigenvalue weighted by atomic mass is 10.2. The van der Waals surface area contributed by atoms with Crippen LogP contribution in [0.5, 0.6) is 0 Å². The molecule has 2 N–H and O–H groups in total. The van der Waals surface area contributed by atoms with Crippen LogP contribution < -0.4 is 5.73 Å². The van der Waals surface area contributed by atoms with Gasteiger partial charge in [-0.05, 0) is 12.1 Å². The molecule has 7 heteroatoms. The summed E-state index contributed by atoms with van der Waals surface area (Å²) in [6.45, 7) is 0.603. The lowest BCUT2D eigenvalue weighted by molar-refractivity contribution is 0.200. The molecule has 0 saturated carbocycles. The van der Waals surface area contributed by atoms with Gasteiger partial charge in [0.25, 0.3) is 0 Å². The molecule has 2 heterocycles. The highest BCUT2D eigenvalue weighted by molar-refractivity contribution is 7.19. The number of methoxy groups -OCH3 is 1. The Morgan fingerprint density at radius 2 is 2.26 bits per heavy atom. The van der Waals surface area contributed by atoms with Gasteiger partial charge >= 0.3 is 0 Å². The average molecular weight is 275 g/mol. The van der Waals surface area contributed by atoms with Crippen molar-refractivity contribution in [3.05, 3.63) is 30.1 Å². The molecule has 19 heavy (non-hydrogen) atoms. The van der Waals surface area contributed by atoms with E-state index in [2.05, 4.69) is 15.3 Å². The van der Waals surface area contributed by atoms with E-state index in [0.717, 1.165) is 27.0 Å². The number of nitrogens with two attached hydrogens (primary N) is 1. The van der Waals surface area contributed by atoms with Gasteiger partial charge in [0.2, 0.25) is 4.96 Å². The van der Waals surface area contributed by atoms with Gasteiger partial charge in [0.05, 0.1) is 6.61 Å². The summed E-state index contributed by atoms with van der Waals surface area (Å²) in [6.07, 6.45) is 0.692. The third kappa shape index (κ3) is 2.29. The van der Waals surface area contributed by atoms with Crippen LogP contribution in [0.15, 0.2) is 24.3 Å². The van der Waals surface area contributed by atoms with Crippen LogP contribution in [0, 0.1) is 0 Å². The van der Waals surface area contributed by atoms with Gasteiger partial charge in [0.1, 0.15) is 5.01 Å². The number of nitrogens with zero attached hydrogens (tertiary/aromatic N) is 4. The molecule has 0 unspecified atom stereocenters. The first-order valence-corrected chi connectivity index (χ1v) is 6.65. The minimum atomic E-state index is 0.603. The molecule has 0 radical (unpaired) electrons. The Morgan fingerprint density at radius 3 is 3.05 bits per heavy atom. The monoisotopic (exact) mass is 275 g/mol. The van der Waals surface area contributed by atoms with Crippen molar-refractivity contribution in [2.45, 2.75) is 6.42 Å². The number of hydrogen-bond acceptors (Lipinski definition) is 6. The maximum atomic E-state index is 5.79. The Balaban J connectivity index is 2.00. The van der Waals surface area contributed by atoms with Gasteiger partial charge < -0.3 is 10.5 Å². The minimum Gasteiger partial charge on any atom is -0.399 e. The lowest BCUT2D eigenvalue weighted by Crippen LogP contribution is -2.01. The molecule has 98 valence electrons. The van der Waals surface area contributed by atoms with E-state index in [4.69, 9.17) is 10.5 Å². The second-order valence-electron chi connectivity index (χ2n) is 4.09. The fourth-order valence-corrected chi connectivity index (χ4v) is 2.65. The molecule has 0 amide bonds. The van der Waals surface area contributed by atoms with Crippen LogP contribution >= 0.6 is 11.3 Å². The van der Waals surface area contributed by atoms with E-state index in [0.29, 0.717) is 13.0 Å². The highest BCUT2D eigenvalue weighted by Gasteiger charge is 2.12. The van der Waals surface area contributed by atoms with Crippen molar-refractivity contribution >= 4 is 22.0 Å². The summed E-state index contributed by atoms with van der Waals surface area (Å²) < 4.78 is 6.82. The second-order valence-corrected chi connectivity index (χ2v) is 5.04. The zero-order chi connectivity index (χ0) is 13.2. The molecule has 0 bridgehead atoms. The Kier molecular flexibility index (Phi) is 3.14. The molecule has 3 rings (SSSR count).